The number of carbonyl (C=O) groups excluding carboxylic acids is 4. The number of nitrogens with one attached hydrogen (secondary N) is 2. The van der Waals surface area contributed by atoms with Crippen LogP contribution in [-0.4, -0.2) is 68.1 Å². The van der Waals surface area contributed by atoms with Crippen LogP contribution in [0.5, 0.6) is 11.5 Å². The Morgan fingerprint density at radius 2 is 1.40 bits per heavy atom. The van der Waals surface area contributed by atoms with E-state index in [0.717, 1.165) is 0 Å². The van der Waals surface area contributed by atoms with Crippen molar-refractivity contribution in [1.82, 2.24) is 10.6 Å². The summed E-state index contributed by atoms with van der Waals surface area (Å²) >= 11 is 0. The van der Waals surface area contributed by atoms with Crippen molar-refractivity contribution in [3.63, 3.8) is 0 Å². The molecule has 11 heteroatoms. The smallest absolute Gasteiger partial charge is 0.412 e. The number of Topliss-reactive ketones (excluding diaryl/α,β-unsaturated/α-hetero) is 1. The monoisotopic (exact) mass is 488 g/mol. The van der Waals surface area contributed by atoms with Gasteiger partial charge in [0, 0.05) is 12.1 Å². The number of carbonyl (C=O) groups is 4. The second-order valence-electron chi connectivity index (χ2n) is 7.47. The summed E-state index contributed by atoms with van der Waals surface area (Å²) in [4.78, 5) is 46.8. The Hall–Kier alpha value is -3.96. The van der Waals surface area contributed by atoms with Crippen molar-refractivity contribution < 1.29 is 43.2 Å². The van der Waals surface area contributed by atoms with Gasteiger partial charge in [-0.2, -0.15) is 0 Å². The highest BCUT2D eigenvalue weighted by atomic mass is 16.6. The molecule has 35 heavy (non-hydrogen) atoms. The van der Waals surface area contributed by atoms with Crippen molar-refractivity contribution in [2.24, 2.45) is 0 Å². The average molecular weight is 488 g/mol. The fourth-order valence-corrected chi connectivity index (χ4v) is 2.69. The standard InChI is InChI=1S/C24H28N2O9/c1-15(26-24(31)35-20-8-4-17(5-9-20)21(28)13-27)14-33-16(2)12-25-23(30)34-19-10-6-18(7-11-19)22(29)32-3/h4-11,15-16,27H,12-14H2,1-3H3,(H,25,30)(H,26,31). The van der Waals surface area contributed by atoms with Gasteiger partial charge in [0.05, 0.1) is 31.4 Å². The molecule has 0 radical (unpaired) electrons. The lowest BCUT2D eigenvalue weighted by atomic mass is 10.1. The first-order chi connectivity index (χ1) is 16.7. The largest absolute Gasteiger partial charge is 0.465 e. The second-order valence-corrected chi connectivity index (χ2v) is 7.47. The molecule has 0 spiro atoms. The molecule has 2 atom stereocenters. The van der Waals surface area contributed by atoms with Crippen molar-refractivity contribution in [2.75, 3.05) is 26.9 Å². The normalized spacial score (nSPS) is 12.1. The van der Waals surface area contributed by atoms with Gasteiger partial charge in [-0.3, -0.25) is 4.79 Å². The zero-order valence-corrected chi connectivity index (χ0v) is 19.6. The van der Waals surface area contributed by atoms with Crippen LogP contribution in [0, 0.1) is 0 Å². The van der Waals surface area contributed by atoms with Crippen LogP contribution in [0.1, 0.15) is 34.6 Å². The number of ketones is 1. The molecule has 2 aromatic carbocycles. The number of hydrogen-bond donors (Lipinski definition) is 3. The van der Waals surface area contributed by atoms with Crippen molar-refractivity contribution in [3.05, 3.63) is 59.7 Å². The first-order valence-corrected chi connectivity index (χ1v) is 10.7. The summed E-state index contributed by atoms with van der Waals surface area (Å²) < 4.78 is 20.5. The molecular formula is C24H28N2O9. The maximum Gasteiger partial charge on any atom is 0.412 e. The Morgan fingerprint density at radius 1 is 0.857 bits per heavy atom. The van der Waals surface area contributed by atoms with E-state index in [9.17, 15) is 19.2 Å². The highest BCUT2D eigenvalue weighted by Crippen LogP contribution is 2.14. The first-order valence-electron chi connectivity index (χ1n) is 10.7. The van der Waals surface area contributed by atoms with E-state index in [2.05, 4.69) is 15.4 Å². The number of ether oxygens (including phenoxy) is 4. The molecule has 0 aliphatic carbocycles. The Kier molecular flexibility index (Phi) is 10.7. The quantitative estimate of drug-likeness (QED) is 0.320. The molecule has 0 aliphatic heterocycles. The van der Waals surface area contributed by atoms with Gasteiger partial charge in [0.2, 0.25) is 0 Å². The highest BCUT2D eigenvalue weighted by Gasteiger charge is 2.14. The lowest BCUT2D eigenvalue weighted by molar-refractivity contribution is 0.0533. The molecule has 2 aromatic rings. The third kappa shape index (κ3) is 9.43. The van der Waals surface area contributed by atoms with Gasteiger partial charge >= 0.3 is 18.2 Å². The van der Waals surface area contributed by atoms with Crippen molar-refractivity contribution in [1.29, 1.82) is 0 Å². The molecule has 0 aromatic heterocycles. The first kappa shape index (κ1) is 27.3. The summed E-state index contributed by atoms with van der Waals surface area (Å²) in [6, 6.07) is 11.3. The average Bonchev–Trinajstić information content (AvgIpc) is 2.86. The third-order valence-corrected chi connectivity index (χ3v) is 4.55. The van der Waals surface area contributed by atoms with Gasteiger partial charge in [0.15, 0.2) is 5.78 Å². The maximum atomic E-state index is 12.0. The molecule has 0 heterocycles. The Morgan fingerprint density at radius 3 is 1.94 bits per heavy atom. The summed E-state index contributed by atoms with van der Waals surface area (Å²) in [6.45, 7) is 3.18. The SMILES string of the molecule is COC(=O)c1ccc(OC(=O)NCC(C)OCC(C)NC(=O)Oc2ccc(C(=O)CO)cc2)cc1. The lowest BCUT2D eigenvalue weighted by Crippen LogP contribution is -2.40. The maximum absolute atomic E-state index is 12.0. The number of rotatable bonds is 11. The number of benzene rings is 2. The van der Waals surface area contributed by atoms with Crippen LogP contribution in [-0.2, 0) is 9.47 Å². The number of esters is 1. The molecule has 0 bridgehead atoms. The number of aliphatic hydroxyl groups is 1. The molecule has 0 fully saturated rings. The number of amides is 2. The van der Waals surface area contributed by atoms with E-state index in [-0.39, 0.29) is 36.8 Å². The van der Waals surface area contributed by atoms with Gasteiger partial charge < -0.3 is 34.7 Å². The number of methoxy groups -OCH3 is 1. The van der Waals surface area contributed by atoms with Crippen molar-refractivity contribution in [3.8, 4) is 11.5 Å². The molecule has 2 amide bonds. The number of hydrogen-bond acceptors (Lipinski definition) is 9. The Balaban J connectivity index is 1.66. The summed E-state index contributed by atoms with van der Waals surface area (Å²) in [6.07, 6.45) is -1.76. The molecule has 2 unspecified atom stereocenters. The highest BCUT2D eigenvalue weighted by molar-refractivity contribution is 5.97. The van der Waals surface area contributed by atoms with Crippen LogP contribution in [0.3, 0.4) is 0 Å². The second kappa shape index (κ2) is 13.7. The van der Waals surface area contributed by atoms with E-state index in [0.29, 0.717) is 11.1 Å². The van der Waals surface area contributed by atoms with E-state index in [1.54, 1.807) is 13.8 Å². The van der Waals surface area contributed by atoms with E-state index in [1.165, 1.54) is 55.6 Å². The fourth-order valence-electron chi connectivity index (χ4n) is 2.69. The summed E-state index contributed by atoms with van der Waals surface area (Å²) in [5.41, 5.74) is 0.645. The molecular weight excluding hydrogens is 460 g/mol. The third-order valence-electron chi connectivity index (χ3n) is 4.55. The molecule has 3 N–H and O–H groups in total. The lowest BCUT2D eigenvalue weighted by Gasteiger charge is -2.18. The fraction of sp³-hybridized carbons (Fsp3) is 0.333. The van der Waals surface area contributed by atoms with Gasteiger partial charge in [0.1, 0.15) is 18.1 Å². The van der Waals surface area contributed by atoms with Crippen LogP contribution in [0.2, 0.25) is 0 Å². The van der Waals surface area contributed by atoms with E-state index in [4.69, 9.17) is 19.3 Å². The molecule has 188 valence electrons. The summed E-state index contributed by atoms with van der Waals surface area (Å²) in [5.74, 6) is -0.427. The van der Waals surface area contributed by atoms with Crippen LogP contribution in [0.4, 0.5) is 9.59 Å². The molecule has 11 nitrogen and oxygen atoms in total. The minimum Gasteiger partial charge on any atom is -0.465 e. The van der Waals surface area contributed by atoms with E-state index < -0.39 is 30.5 Å². The van der Waals surface area contributed by atoms with Gasteiger partial charge in [0.25, 0.3) is 0 Å². The Bertz CT molecular complexity index is 1010. The summed E-state index contributed by atoms with van der Waals surface area (Å²) in [7, 11) is 1.28. The Labute approximate surface area is 202 Å². The van der Waals surface area contributed by atoms with Gasteiger partial charge in [-0.15, -0.1) is 0 Å². The zero-order valence-electron chi connectivity index (χ0n) is 19.6. The van der Waals surface area contributed by atoms with E-state index >= 15 is 0 Å². The van der Waals surface area contributed by atoms with Crippen LogP contribution in [0.15, 0.2) is 48.5 Å². The molecule has 0 saturated heterocycles. The van der Waals surface area contributed by atoms with Gasteiger partial charge in [-0.05, 0) is 62.4 Å². The number of aliphatic hydroxyl groups excluding tert-OH is 1. The van der Waals surface area contributed by atoms with Crippen LogP contribution in [0.25, 0.3) is 0 Å². The van der Waals surface area contributed by atoms with Crippen LogP contribution >= 0.6 is 0 Å². The predicted octanol–water partition coefficient (Wildman–Crippen LogP) is 2.32. The molecule has 2 rings (SSSR count). The molecule has 0 aliphatic rings. The van der Waals surface area contributed by atoms with Crippen molar-refractivity contribution in [2.45, 2.75) is 26.0 Å². The van der Waals surface area contributed by atoms with Crippen LogP contribution < -0.4 is 20.1 Å². The zero-order chi connectivity index (χ0) is 25.8. The van der Waals surface area contributed by atoms with Crippen molar-refractivity contribution >= 4 is 23.9 Å². The predicted molar refractivity (Wildman–Crippen MR) is 124 cm³/mol. The minimum absolute atomic E-state index is 0.159. The molecule has 0 saturated carbocycles. The van der Waals surface area contributed by atoms with Gasteiger partial charge in [-0.1, -0.05) is 0 Å². The summed E-state index contributed by atoms with van der Waals surface area (Å²) in [5, 5.41) is 14.0. The topological polar surface area (TPSA) is 149 Å². The van der Waals surface area contributed by atoms with Gasteiger partial charge in [-0.25, -0.2) is 14.4 Å². The van der Waals surface area contributed by atoms with E-state index in [1.807, 2.05) is 0 Å². The minimum atomic E-state index is -0.699.